The van der Waals surface area contributed by atoms with Crippen LogP contribution >= 0.6 is 22.7 Å². The average Bonchev–Trinajstić information content (AvgIpc) is 3.25. The number of H-pyrrole nitrogens is 1. The van der Waals surface area contributed by atoms with Crippen LogP contribution in [0, 0.1) is 6.92 Å². The molecule has 23 heavy (non-hydrogen) atoms. The van der Waals surface area contributed by atoms with Crippen LogP contribution in [0.2, 0.25) is 0 Å². The van der Waals surface area contributed by atoms with E-state index in [0.717, 1.165) is 27.1 Å². The van der Waals surface area contributed by atoms with Crippen molar-refractivity contribution in [3.63, 3.8) is 0 Å². The van der Waals surface area contributed by atoms with Crippen LogP contribution in [0.3, 0.4) is 0 Å². The summed E-state index contributed by atoms with van der Waals surface area (Å²) >= 11 is 3.23. The molecule has 3 rings (SSSR count). The average molecular weight is 346 g/mol. The van der Waals surface area contributed by atoms with Crippen LogP contribution in [0.25, 0.3) is 9.88 Å². The van der Waals surface area contributed by atoms with Crippen LogP contribution in [-0.2, 0) is 16.8 Å². The van der Waals surface area contributed by atoms with Gasteiger partial charge in [-0.15, -0.1) is 22.7 Å². The fourth-order valence-electron chi connectivity index (χ4n) is 2.15. The molecule has 3 heterocycles. The zero-order chi connectivity index (χ0) is 16.4. The van der Waals surface area contributed by atoms with Gasteiger partial charge < -0.3 is 10.3 Å². The smallest absolute Gasteiger partial charge is 0.232 e. The van der Waals surface area contributed by atoms with Gasteiger partial charge in [0.05, 0.1) is 34.4 Å². The lowest BCUT2D eigenvalue weighted by atomic mass is 9.89. The summed E-state index contributed by atoms with van der Waals surface area (Å²) in [6.45, 7) is 6.11. The third-order valence-corrected chi connectivity index (χ3v) is 5.52. The van der Waals surface area contributed by atoms with Gasteiger partial charge in [-0.2, -0.15) is 0 Å². The molecule has 0 aliphatic carbocycles. The summed E-state index contributed by atoms with van der Waals surface area (Å²) < 4.78 is 0. The van der Waals surface area contributed by atoms with Gasteiger partial charge in [-0.25, -0.2) is 9.97 Å². The van der Waals surface area contributed by atoms with Gasteiger partial charge in [0.15, 0.2) is 0 Å². The predicted molar refractivity (Wildman–Crippen MR) is 93.6 cm³/mol. The Kier molecular flexibility index (Phi) is 4.32. The molecule has 0 atom stereocenters. The Morgan fingerprint density at radius 1 is 1.39 bits per heavy atom. The molecule has 0 saturated carbocycles. The van der Waals surface area contributed by atoms with Crippen molar-refractivity contribution < 1.29 is 4.79 Å². The van der Waals surface area contributed by atoms with E-state index in [1.807, 2.05) is 43.7 Å². The molecule has 0 spiro atoms. The number of carbonyl (C=O) groups is 1. The highest BCUT2D eigenvalue weighted by atomic mass is 32.1. The second-order valence-electron chi connectivity index (χ2n) is 5.82. The Morgan fingerprint density at radius 3 is 2.87 bits per heavy atom. The normalized spacial score (nSPS) is 11.6. The lowest BCUT2D eigenvalue weighted by Crippen LogP contribution is -2.40. The predicted octanol–water partition coefficient (Wildman–Crippen LogP) is 3.50. The molecule has 0 saturated heterocycles. The van der Waals surface area contributed by atoms with Crippen LogP contribution < -0.4 is 5.32 Å². The van der Waals surface area contributed by atoms with Gasteiger partial charge in [-0.05, 0) is 32.2 Å². The highest BCUT2D eigenvalue weighted by molar-refractivity contribution is 7.20. The molecule has 120 valence electrons. The minimum Gasteiger partial charge on any atom is -0.350 e. The maximum atomic E-state index is 12.6. The van der Waals surface area contributed by atoms with Crippen LogP contribution in [0.5, 0.6) is 0 Å². The van der Waals surface area contributed by atoms with E-state index in [0.29, 0.717) is 6.54 Å². The largest absolute Gasteiger partial charge is 0.350 e. The number of aryl methyl sites for hydroxylation is 1. The maximum Gasteiger partial charge on any atom is 0.232 e. The summed E-state index contributed by atoms with van der Waals surface area (Å²) in [6, 6.07) is 4.05. The molecule has 0 aliphatic heterocycles. The number of imidazole rings is 1. The number of nitrogens with one attached hydrogen (secondary N) is 2. The van der Waals surface area contributed by atoms with E-state index in [4.69, 9.17) is 0 Å². The van der Waals surface area contributed by atoms with Crippen molar-refractivity contribution in [1.29, 1.82) is 0 Å². The van der Waals surface area contributed by atoms with Crippen LogP contribution in [0.15, 0.2) is 29.1 Å². The second-order valence-corrected chi connectivity index (χ2v) is 7.62. The van der Waals surface area contributed by atoms with Crippen molar-refractivity contribution in [2.24, 2.45) is 0 Å². The van der Waals surface area contributed by atoms with Crippen LogP contribution in [0.4, 0.5) is 0 Å². The summed E-state index contributed by atoms with van der Waals surface area (Å²) in [4.78, 5) is 25.6. The Morgan fingerprint density at radius 2 is 2.22 bits per heavy atom. The van der Waals surface area contributed by atoms with Crippen molar-refractivity contribution >= 4 is 28.6 Å². The topological polar surface area (TPSA) is 70.7 Å². The molecule has 5 nitrogen and oxygen atoms in total. The number of aromatic nitrogens is 3. The monoisotopic (exact) mass is 346 g/mol. The maximum absolute atomic E-state index is 12.6. The molecule has 0 radical (unpaired) electrons. The zero-order valence-electron chi connectivity index (χ0n) is 13.2. The van der Waals surface area contributed by atoms with Gasteiger partial charge in [0.2, 0.25) is 5.91 Å². The van der Waals surface area contributed by atoms with Crippen molar-refractivity contribution in [2.45, 2.75) is 32.7 Å². The highest BCUT2D eigenvalue weighted by Gasteiger charge is 2.32. The van der Waals surface area contributed by atoms with Crippen molar-refractivity contribution in [1.82, 2.24) is 20.3 Å². The Labute approximate surface area is 142 Å². The fraction of sp³-hybridized carbons (Fsp3) is 0.312. The van der Waals surface area contributed by atoms with Gasteiger partial charge in [0.25, 0.3) is 0 Å². The first-order chi connectivity index (χ1) is 11.0. The van der Waals surface area contributed by atoms with Crippen molar-refractivity contribution in [2.75, 3.05) is 0 Å². The molecular formula is C16H18N4OS2. The summed E-state index contributed by atoms with van der Waals surface area (Å²) in [5.41, 5.74) is 1.01. The molecule has 0 aromatic carbocycles. The first-order valence-corrected chi connectivity index (χ1v) is 9.01. The summed E-state index contributed by atoms with van der Waals surface area (Å²) in [5.74, 6) is 0.793. The van der Waals surface area contributed by atoms with E-state index < -0.39 is 5.41 Å². The quantitative estimate of drug-likeness (QED) is 0.743. The number of aromatic amines is 1. The first kappa shape index (κ1) is 15.9. The van der Waals surface area contributed by atoms with E-state index in [-0.39, 0.29) is 5.91 Å². The van der Waals surface area contributed by atoms with E-state index >= 15 is 0 Å². The van der Waals surface area contributed by atoms with Gasteiger partial charge in [0.1, 0.15) is 10.8 Å². The fourth-order valence-corrected chi connectivity index (χ4v) is 3.95. The Bertz CT molecular complexity index is 802. The molecule has 3 aromatic rings. The van der Waals surface area contributed by atoms with Crippen LogP contribution in [-0.4, -0.2) is 20.9 Å². The van der Waals surface area contributed by atoms with Gasteiger partial charge in [0, 0.05) is 5.38 Å². The minimum absolute atomic E-state index is 0.0483. The van der Waals surface area contributed by atoms with Crippen molar-refractivity contribution in [3.05, 3.63) is 46.3 Å². The number of hydrogen-bond donors (Lipinski definition) is 2. The van der Waals surface area contributed by atoms with E-state index in [1.54, 1.807) is 28.9 Å². The van der Waals surface area contributed by atoms with E-state index in [9.17, 15) is 4.79 Å². The molecule has 0 fully saturated rings. The molecule has 0 bridgehead atoms. The third kappa shape index (κ3) is 3.35. The SMILES string of the molecule is Cc1ncc(CNC(=O)C(C)(C)c2csc(-c3cccs3)n2)[nH]1. The number of thiophene rings is 1. The van der Waals surface area contributed by atoms with Gasteiger partial charge >= 0.3 is 0 Å². The van der Waals surface area contributed by atoms with Crippen molar-refractivity contribution in [3.8, 4) is 9.88 Å². The highest BCUT2D eigenvalue weighted by Crippen LogP contribution is 2.32. The Balaban J connectivity index is 1.71. The molecule has 3 aromatic heterocycles. The molecule has 0 aliphatic rings. The summed E-state index contributed by atoms with van der Waals surface area (Å²) in [5, 5.41) is 7.91. The lowest BCUT2D eigenvalue weighted by Gasteiger charge is -2.21. The third-order valence-electron chi connectivity index (χ3n) is 3.64. The van der Waals surface area contributed by atoms with Gasteiger partial charge in [-0.3, -0.25) is 4.79 Å². The second kappa shape index (κ2) is 6.25. The first-order valence-electron chi connectivity index (χ1n) is 7.25. The minimum atomic E-state index is -0.679. The Hall–Kier alpha value is -1.99. The molecule has 7 heteroatoms. The van der Waals surface area contributed by atoms with E-state index in [2.05, 4.69) is 20.3 Å². The number of hydrogen-bond acceptors (Lipinski definition) is 5. The lowest BCUT2D eigenvalue weighted by molar-refractivity contribution is -0.125. The number of nitrogens with zero attached hydrogens (tertiary/aromatic N) is 2. The standard InChI is InChI=1S/C16H18N4OS2/c1-10-17-7-11(19-10)8-18-15(21)16(2,3)13-9-23-14(20-13)12-5-4-6-22-12/h4-7,9H,8H2,1-3H3,(H,17,19)(H,18,21). The molecule has 2 N–H and O–H groups in total. The molecule has 1 amide bonds. The molecular weight excluding hydrogens is 328 g/mol. The number of thiazole rings is 1. The van der Waals surface area contributed by atoms with E-state index in [1.165, 1.54) is 0 Å². The zero-order valence-corrected chi connectivity index (χ0v) is 14.8. The van der Waals surface area contributed by atoms with Crippen LogP contribution in [0.1, 0.15) is 31.1 Å². The number of amides is 1. The molecule has 0 unspecified atom stereocenters. The summed E-state index contributed by atoms with van der Waals surface area (Å²) in [7, 11) is 0. The number of rotatable bonds is 5. The summed E-state index contributed by atoms with van der Waals surface area (Å²) in [6.07, 6.45) is 1.74. The van der Waals surface area contributed by atoms with Gasteiger partial charge in [-0.1, -0.05) is 6.07 Å². The number of carbonyl (C=O) groups excluding carboxylic acids is 1.